The maximum absolute atomic E-state index is 10.1. The van der Waals surface area contributed by atoms with Crippen LogP contribution in [-0.4, -0.2) is 84.7 Å². The van der Waals surface area contributed by atoms with Crippen LogP contribution in [0.1, 0.15) is 25.7 Å². The van der Waals surface area contributed by atoms with E-state index in [0.29, 0.717) is 26.3 Å². The molecule has 1 aromatic rings. The summed E-state index contributed by atoms with van der Waals surface area (Å²) in [5, 5.41) is 20.1. The zero-order valence-corrected chi connectivity index (χ0v) is 15.6. The van der Waals surface area contributed by atoms with Crippen molar-refractivity contribution in [3.63, 3.8) is 0 Å². The van der Waals surface area contributed by atoms with Crippen LogP contribution in [0.15, 0.2) is 24.3 Å². The lowest BCUT2D eigenvalue weighted by Gasteiger charge is -2.20. The first-order valence-corrected chi connectivity index (χ1v) is 9.85. The van der Waals surface area contributed by atoms with Gasteiger partial charge in [0.1, 0.15) is 36.9 Å². The van der Waals surface area contributed by atoms with E-state index in [4.69, 9.17) is 9.47 Å². The predicted molar refractivity (Wildman–Crippen MR) is 101 cm³/mol. The summed E-state index contributed by atoms with van der Waals surface area (Å²) in [6.45, 7) is 6.25. The van der Waals surface area contributed by atoms with Crippen molar-refractivity contribution >= 4 is 0 Å². The van der Waals surface area contributed by atoms with E-state index in [-0.39, 0.29) is 0 Å². The van der Waals surface area contributed by atoms with Gasteiger partial charge in [-0.3, -0.25) is 0 Å². The largest absolute Gasteiger partial charge is 0.491 e. The minimum Gasteiger partial charge on any atom is -0.491 e. The van der Waals surface area contributed by atoms with Crippen molar-refractivity contribution in [1.82, 2.24) is 9.80 Å². The lowest BCUT2D eigenvalue weighted by atomic mass is 10.3. The summed E-state index contributed by atoms with van der Waals surface area (Å²) in [5.41, 5.74) is 0. The molecule has 0 spiro atoms. The molecule has 1 aromatic carbocycles. The van der Waals surface area contributed by atoms with Crippen LogP contribution in [0, 0.1) is 0 Å². The van der Waals surface area contributed by atoms with Crippen molar-refractivity contribution in [3.8, 4) is 11.5 Å². The van der Waals surface area contributed by atoms with E-state index >= 15 is 0 Å². The van der Waals surface area contributed by atoms with E-state index < -0.39 is 12.2 Å². The second kappa shape index (κ2) is 10.1. The Morgan fingerprint density at radius 1 is 0.692 bits per heavy atom. The molecule has 146 valence electrons. The van der Waals surface area contributed by atoms with Crippen LogP contribution in [0.5, 0.6) is 11.5 Å². The molecule has 2 fully saturated rings. The highest BCUT2D eigenvalue weighted by Gasteiger charge is 2.17. The molecule has 3 rings (SSSR count). The first kappa shape index (κ1) is 19.4. The van der Waals surface area contributed by atoms with Gasteiger partial charge in [0.2, 0.25) is 0 Å². The Balaban J connectivity index is 1.33. The van der Waals surface area contributed by atoms with Gasteiger partial charge in [0, 0.05) is 13.1 Å². The highest BCUT2D eigenvalue weighted by atomic mass is 16.5. The number of aliphatic hydroxyl groups is 2. The van der Waals surface area contributed by atoms with E-state index in [2.05, 4.69) is 9.80 Å². The highest BCUT2D eigenvalue weighted by molar-refractivity contribution is 5.31. The topological polar surface area (TPSA) is 65.4 Å². The van der Waals surface area contributed by atoms with Crippen LogP contribution >= 0.6 is 0 Å². The lowest BCUT2D eigenvalue weighted by Crippen LogP contribution is -2.33. The standard InChI is InChI=1S/C20H32N2O4/c23-17(13-21-9-1-2-10-21)15-25-19-5-7-20(8-6-19)26-16-18(24)14-22-11-3-4-12-22/h5-8,17-18,23-24H,1-4,9-16H2. The third-order valence-corrected chi connectivity index (χ3v) is 5.04. The van der Waals surface area contributed by atoms with Gasteiger partial charge in [0.05, 0.1) is 0 Å². The van der Waals surface area contributed by atoms with Gasteiger partial charge in [0.15, 0.2) is 0 Å². The first-order valence-electron chi connectivity index (χ1n) is 9.85. The molecule has 2 heterocycles. The molecule has 0 radical (unpaired) electrons. The number of hydrogen-bond donors (Lipinski definition) is 2. The molecule has 0 amide bonds. The second-order valence-electron chi connectivity index (χ2n) is 7.42. The minimum absolute atomic E-state index is 0.297. The van der Waals surface area contributed by atoms with Crippen LogP contribution in [0.4, 0.5) is 0 Å². The Morgan fingerprint density at radius 2 is 1.04 bits per heavy atom. The highest BCUT2D eigenvalue weighted by Crippen LogP contribution is 2.18. The molecular weight excluding hydrogens is 332 g/mol. The molecule has 2 aliphatic heterocycles. The number of benzene rings is 1. The molecule has 2 atom stereocenters. The van der Waals surface area contributed by atoms with Crippen LogP contribution < -0.4 is 9.47 Å². The fourth-order valence-electron chi connectivity index (χ4n) is 3.65. The molecule has 2 saturated heterocycles. The van der Waals surface area contributed by atoms with E-state index in [1.54, 1.807) is 0 Å². The number of aliphatic hydroxyl groups excluding tert-OH is 2. The van der Waals surface area contributed by atoms with E-state index in [1.165, 1.54) is 25.7 Å². The normalized spacial score (nSPS) is 21.0. The molecule has 2 N–H and O–H groups in total. The molecular formula is C20H32N2O4. The van der Waals surface area contributed by atoms with Crippen LogP contribution in [0.2, 0.25) is 0 Å². The molecule has 2 unspecified atom stereocenters. The summed E-state index contributed by atoms with van der Waals surface area (Å²) in [4.78, 5) is 4.55. The SMILES string of the molecule is OC(COc1ccc(OCC(O)CN2CCCC2)cc1)CN1CCCC1. The smallest absolute Gasteiger partial charge is 0.119 e. The van der Waals surface area contributed by atoms with Gasteiger partial charge in [-0.05, 0) is 76.1 Å². The average molecular weight is 364 g/mol. The Morgan fingerprint density at radius 3 is 1.38 bits per heavy atom. The number of nitrogens with zero attached hydrogens (tertiary/aromatic N) is 2. The molecule has 2 aliphatic rings. The Bertz CT molecular complexity index is 466. The maximum Gasteiger partial charge on any atom is 0.119 e. The third-order valence-electron chi connectivity index (χ3n) is 5.04. The maximum atomic E-state index is 10.1. The zero-order chi connectivity index (χ0) is 18.2. The monoisotopic (exact) mass is 364 g/mol. The molecule has 0 aliphatic carbocycles. The molecule has 6 nitrogen and oxygen atoms in total. The fourth-order valence-corrected chi connectivity index (χ4v) is 3.65. The van der Waals surface area contributed by atoms with Crippen molar-refractivity contribution in [2.24, 2.45) is 0 Å². The number of β-amino-alcohol motifs (C(OH)–C–C–N with tert-alkyl or cyclic N) is 2. The summed E-state index contributed by atoms with van der Waals surface area (Å²) >= 11 is 0. The fraction of sp³-hybridized carbons (Fsp3) is 0.700. The van der Waals surface area contributed by atoms with Crippen molar-refractivity contribution in [1.29, 1.82) is 0 Å². The Kier molecular flexibility index (Phi) is 7.55. The predicted octanol–water partition coefficient (Wildman–Crippen LogP) is 1.36. The van der Waals surface area contributed by atoms with Crippen molar-refractivity contribution < 1.29 is 19.7 Å². The van der Waals surface area contributed by atoms with Crippen LogP contribution in [0.25, 0.3) is 0 Å². The van der Waals surface area contributed by atoms with E-state index in [1.807, 2.05) is 24.3 Å². The summed E-state index contributed by atoms with van der Waals surface area (Å²) in [6.07, 6.45) is 3.96. The number of hydrogen-bond acceptors (Lipinski definition) is 6. The number of ether oxygens (including phenoxy) is 2. The van der Waals surface area contributed by atoms with Gasteiger partial charge in [-0.1, -0.05) is 0 Å². The summed E-state index contributed by atoms with van der Waals surface area (Å²) in [5.74, 6) is 1.44. The van der Waals surface area contributed by atoms with Gasteiger partial charge in [-0.25, -0.2) is 0 Å². The number of rotatable bonds is 10. The molecule has 0 bridgehead atoms. The van der Waals surface area contributed by atoms with Gasteiger partial charge in [0.25, 0.3) is 0 Å². The van der Waals surface area contributed by atoms with E-state index in [9.17, 15) is 10.2 Å². The first-order chi connectivity index (χ1) is 12.7. The summed E-state index contributed by atoms with van der Waals surface area (Å²) in [6, 6.07) is 7.35. The third kappa shape index (κ3) is 6.43. The molecule has 26 heavy (non-hydrogen) atoms. The van der Waals surface area contributed by atoms with Gasteiger partial charge in [-0.2, -0.15) is 0 Å². The number of likely N-dealkylation sites (tertiary alicyclic amines) is 2. The summed E-state index contributed by atoms with van der Waals surface area (Å²) in [7, 11) is 0. The van der Waals surface area contributed by atoms with Gasteiger partial charge < -0.3 is 29.5 Å². The minimum atomic E-state index is -0.468. The van der Waals surface area contributed by atoms with Crippen molar-refractivity contribution in [3.05, 3.63) is 24.3 Å². The second-order valence-corrected chi connectivity index (χ2v) is 7.42. The molecule has 0 aromatic heterocycles. The van der Waals surface area contributed by atoms with Gasteiger partial charge in [-0.15, -0.1) is 0 Å². The quantitative estimate of drug-likeness (QED) is 0.654. The zero-order valence-electron chi connectivity index (χ0n) is 15.6. The average Bonchev–Trinajstić information content (AvgIpc) is 3.33. The lowest BCUT2D eigenvalue weighted by molar-refractivity contribution is 0.0743. The summed E-state index contributed by atoms with van der Waals surface area (Å²) < 4.78 is 11.3. The van der Waals surface area contributed by atoms with E-state index in [0.717, 1.165) is 37.7 Å². The van der Waals surface area contributed by atoms with Crippen LogP contribution in [0.3, 0.4) is 0 Å². The van der Waals surface area contributed by atoms with Crippen LogP contribution in [-0.2, 0) is 0 Å². The molecule has 0 saturated carbocycles. The van der Waals surface area contributed by atoms with Crippen molar-refractivity contribution in [2.45, 2.75) is 37.9 Å². The Hall–Kier alpha value is -1.34. The molecule has 6 heteroatoms. The Labute approximate surface area is 156 Å². The van der Waals surface area contributed by atoms with Gasteiger partial charge >= 0.3 is 0 Å². The van der Waals surface area contributed by atoms with Crippen molar-refractivity contribution in [2.75, 3.05) is 52.5 Å².